The lowest BCUT2D eigenvalue weighted by molar-refractivity contribution is 0.180. The predicted octanol–water partition coefficient (Wildman–Crippen LogP) is 3.22. The van der Waals surface area contributed by atoms with Gasteiger partial charge in [0.25, 0.3) is 0 Å². The van der Waals surface area contributed by atoms with Crippen molar-refractivity contribution in [3.8, 4) is 11.5 Å². The molecule has 4 rings (SSSR count). The lowest BCUT2D eigenvalue weighted by atomic mass is 10.0. The number of para-hydroxylation sites is 1. The molecular formula is C18H18O3. The number of aryl methyl sites for hydroxylation is 1. The van der Waals surface area contributed by atoms with Crippen LogP contribution in [-0.4, -0.2) is 18.3 Å². The fourth-order valence-electron chi connectivity index (χ4n) is 3.23. The Kier molecular flexibility index (Phi) is 3.08. The van der Waals surface area contributed by atoms with E-state index in [1.807, 2.05) is 30.3 Å². The monoisotopic (exact) mass is 282 g/mol. The minimum absolute atomic E-state index is 0.292. The summed E-state index contributed by atoms with van der Waals surface area (Å²) in [7, 11) is 0. The molecule has 1 aliphatic heterocycles. The number of hydrogen-bond acceptors (Lipinski definition) is 3. The van der Waals surface area contributed by atoms with E-state index in [1.54, 1.807) is 0 Å². The van der Waals surface area contributed by atoms with Gasteiger partial charge < -0.3 is 14.6 Å². The number of rotatable bonds is 3. The largest absolute Gasteiger partial charge is 0.493 e. The SMILES string of the molecule is O[C@@H]1CCc2cc(OCC3COc4ccccc43)ccc21. The second-order valence-corrected chi connectivity index (χ2v) is 5.77. The van der Waals surface area contributed by atoms with Gasteiger partial charge in [0.05, 0.1) is 25.2 Å². The quantitative estimate of drug-likeness (QED) is 0.939. The third-order valence-electron chi connectivity index (χ3n) is 4.41. The molecule has 2 aromatic carbocycles. The highest BCUT2D eigenvalue weighted by Crippen LogP contribution is 2.35. The number of hydrogen-bond donors (Lipinski definition) is 1. The molecule has 0 saturated heterocycles. The Bertz CT molecular complexity index is 665. The Hall–Kier alpha value is -2.00. The summed E-state index contributed by atoms with van der Waals surface area (Å²) >= 11 is 0. The van der Waals surface area contributed by atoms with E-state index in [9.17, 15) is 5.11 Å². The van der Waals surface area contributed by atoms with Crippen molar-refractivity contribution in [3.63, 3.8) is 0 Å². The summed E-state index contributed by atoms with van der Waals surface area (Å²) in [4.78, 5) is 0. The van der Waals surface area contributed by atoms with Gasteiger partial charge in [-0.25, -0.2) is 0 Å². The van der Waals surface area contributed by atoms with E-state index in [0.29, 0.717) is 19.1 Å². The maximum Gasteiger partial charge on any atom is 0.123 e. The van der Waals surface area contributed by atoms with Crippen molar-refractivity contribution in [2.24, 2.45) is 0 Å². The highest BCUT2D eigenvalue weighted by molar-refractivity contribution is 5.41. The third kappa shape index (κ3) is 2.28. The van der Waals surface area contributed by atoms with Crippen molar-refractivity contribution in [1.29, 1.82) is 0 Å². The van der Waals surface area contributed by atoms with Crippen LogP contribution < -0.4 is 9.47 Å². The number of aliphatic hydroxyl groups excluding tert-OH is 1. The zero-order chi connectivity index (χ0) is 14.2. The predicted molar refractivity (Wildman–Crippen MR) is 79.9 cm³/mol. The molecular weight excluding hydrogens is 264 g/mol. The Balaban J connectivity index is 1.46. The molecule has 0 aromatic heterocycles. The summed E-state index contributed by atoms with van der Waals surface area (Å²) in [5.74, 6) is 2.15. The van der Waals surface area contributed by atoms with Crippen molar-refractivity contribution in [1.82, 2.24) is 0 Å². The molecule has 2 atom stereocenters. The first-order valence-electron chi connectivity index (χ1n) is 7.46. The van der Waals surface area contributed by atoms with Crippen LogP contribution in [0.1, 0.15) is 35.1 Å². The van der Waals surface area contributed by atoms with Gasteiger partial charge in [-0.15, -0.1) is 0 Å². The molecule has 0 spiro atoms. The number of benzene rings is 2. The van der Waals surface area contributed by atoms with E-state index in [-0.39, 0.29) is 6.10 Å². The first kappa shape index (κ1) is 12.7. The summed E-state index contributed by atoms with van der Waals surface area (Å²) in [5, 5.41) is 9.83. The van der Waals surface area contributed by atoms with E-state index in [0.717, 1.165) is 29.9 Å². The minimum atomic E-state index is -0.302. The summed E-state index contributed by atoms with van der Waals surface area (Å²) < 4.78 is 11.6. The Morgan fingerprint density at radius 2 is 2.05 bits per heavy atom. The van der Waals surface area contributed by atoms with Gasteiger partial charge in [0, 0.05) is 5.56 Å². The number of ether oxygens (including phenoxy) is 2. The standard InChI is InChI=1S/C18H18O3/c19-17-8-5-12-9-14(6-7-15(12)17)20-10-13-11-21-18-4-2-1-3-16(13)18/h1-4,6-7,9,13,17,19H,5,8,10-11H2/t13?,17-/m1/s1. The molecule has 0 radical (unpaired) electrons. The zero-order valence-electron chi connectivity index (χ0n) is 11.8. The van der Waals surface area contributed by atoms with E-state index >= 15 is 0 Å². The van der Waals surface area contributed by atoms with Crippen LogP contribution in [0, 0.1) is 0 Å². The lowest BCUT2D eigenvalue weighted by Gasteiger charge is -2.12. The molecule has 0 bridgehead atoms. The van der Waals surface area contributed by atoms with Crippen molar-refractivity contribution >= 4 is 0 Å². The molecule has 1 unspecified atom stereocenters. The summed E-state index contributed by atoms with van der Waals surface area (Å²) in [6, 6.07) is 14.1. The topological polar surface area (TPSA) is 38.7 Å². The van der Waals surface area contributed by atoms with Crippen LogP contribution in [0.4, 0.5) is 0 Å². The zero-order valence-corrected chi connectivity index (χ0v) is 11.8. The van der Waals surface area contributed by atoms with Crippen molar-refractivity contribution < 1.29 is 14.6 Å². The lowest BCUT2D eigenvalue weighted by Crippen LogP contribution is -2.11. The van der Waals surface area contributed by atoms with Crippen LogP contribution in [-0.2, 0) is 6.42 Å². The van der Waals surface area contributed by atoms with E-state index in [2.05, 4.69) is 12.1 Å². The Morgan fingerprint density at radius 3 is 3.00 bits per heavy atom. The van der Waals surface area contributed by atoms with E-state index in [4.69, 9.17) is 9.47 Å². The van der Waals surface area contributed by atoms with Gasteiger partial charge in [-0.1, -0.05) is 24.3 Å². The van der Waals surface area contributed by atoms with Crippen LogP contribution in [0.2, 0.25) is 0 Å². The van der Waals surface area contributed by atoms with E-state index in [1.165, 1.54) is 11.1 Å². The number of fused-ring (bicyclic) bond motifs is 2. The smallest absolute Gasteiger partial charge is 0.123 e. The minimum Gasteiger partial charge on any atom is -0.493 e. The Morgan fingerprint density at radius 1 is 1.14 bits per heavy atom. The van der Waals surface area contributed by atoms with Crippen LogP contribution in [0.3, 0.4) is 0 Å². The molecule has 0 amide bonds. The molecule has 3 nitrogen and oxygen atoms in total. The molecule has 21 heavy (non-hydrogen) atoms. The molecule has 108 valence electrons. The summed E-state index contributed by atoms with van der Waals surface area (Å²) in [6.07, 6.45) is 1.45. The van der Waals surface area contributed by atoms with Gasteiger partial charge in [0.2, 0.25) is 0 Å². The Labute approximate surface area is 124 Å². The third-order valence-corrected chi connectivity index (χ3v) is 4.41. The van der Waals surface area contributed by atoms with E-state index < -0.39 is 0 Å². The molecule has 2 aliphatic rings. The molecule has 0 fully saturated rings. The summed E-state index contributed by atoms with van der Waals surface area (Å²) in [5.41, 5.74) is 3.49. The van der Waals surface area contributed by atoms with Crippen molar-refractivity contribution in [2.45, 2.75) is 24.9 Å². The number of aliphatic hydroxyl groups is 1. The van der Waals surface area contributed by atoms with Gasteiger partial charge in [-0.2, -0.15) is 0 Å². The summed E-state index contributed by atoms with van der Waals surface area (Å²) in [6.45, 7) is 1.31. The first-order valence-corrected chi connectivity index (χ1v) is 7.46. The van der Waals surface area contributed by atoms with Crippen LogP contribution in [0.5, 0.6) is 11.5 Å². The molecule has 1 aliphatic carbocycles. The van der Waals surface area contributed by atoms with Gasteiger partial charge in [0.15, 0.2) is 0 Å². The maximum atomic E-state index is 9.83. The fraction of sp³-hybridized carbons (Fsp3) is 0.333. The molecule has 1 heterocycles. The van der Waals surface area contributed by atoms with Gasteiger partial charge >= 0.3 is 0 Å². The first-order chi connectivity index (χ1) is 10.3. The van der Waals surface area contributed by atoms with Crippen molar-refractivity contribution in [2.75, 3.05) is 13.2 Å². The molecule has 1 N–H and O–H groups in total. The second kappa shape index (κ2) is 5.08. The van der Waals surface area contributed by atoms with Crippen LogP contribution >= 0.6 is 0 Å². The second-order valence-electron chi connectivity index (χ2n) is 5.77. The van der Waals surface area contributed by atoms with Crippen LogP contribution in [0.15, 0.2) is 42.5 Å². The highest BCUT2D eigenvalue weighted by Gasteiger charge is 2.25. The van der Waals surface area contributed by atoms with Gasteiger partial charge in [-0.3, -0.25) is 0 Å². The maximum absolute atomic E-state index is 9.83. The average Bonchev–Trinajstić information content (AvgIpc) is 3.09. The van der Waals surface area contributed by atoms with Gasteiger partial charge in [-0.05, 0) is 42.2 Å². The van der Waals surface area contributed by atoms with Crippen LogP contribution in [0.25, 0.3) is 0 Å². The molecule has 2 aromatic rings. The molecule has 0 saturated carbocycles. The molecule has 3 heteroatoms. The fourth-order valence-corrected chi connectivity index (χ4v) is 3.23. The van der Waals surface area contributed by atoms with Gasteiger partial charge in [0.1, 0.15) is 11.5 Å². The normalized spacial score (nSPS) is 22.5. The van der Waals surface area contributed by atoms with Crippen molar-refractivity contribution in [3.05, 3.63) is 59.2 Å². The highest BCUT2D eigenvalue weighted by atomic mass is 16.5. The average molecular weight is 282 g/mol.